The third-order valence-corrected chi connectivity index (χ3v) is 9.88. The molecule has 2 aromatic heterocycles. The summed E-state index contributed by atoms with van der Waals surface area (Å²) in [6, 6.07) is 4.12. The number of amides is 1. The Labute approximate surface area is 282 Å². The van der Waals surface area contributed by atoms with Gasteiger partial charge < -0.3 is 19.9 Å². The van der Waals surface area contributed by atoms with Crippen LogP contribution in [0, 0.1) is 11.7 Å². The normalized spacial score (nSPS) is 17.5. The first-order chi connectivity index (χ1) is 22.3. The lowest BCUT2D eigenvalue weighted by molar-refractivity contribution is -0.137. The minimum Gasteiger partial charge on any atom is -0.478 e. The van der Waals surface area contributed by atoms with Crippen LogP contribution < -0.4 is 15.0 Å². The maximum atomic E-state index is 14.3. The van der Waals surface area contributed by atoms with E-state index in [1.807, 2.05) is 13.8 Å². The first kappa shape index (κ1) is 36.0. The van der Waals surface area contributed by atoms with Crippen LogP contribution in [0.1, 0.15) is 55.2 Å². The summed E-state index contributed by atoms with van der Waals surface area (Å²) >= 11 is 8.17. The second-order valence-corrected chi connectivity index (χ2v) is 13.4. The number of hydrogen-bond acceptors (Lipinski definition) is 11. The Morgan fingerprint density at radius 1 is 1.21 bits per heavy atom. The number of benzene rings is 1. The molecule has 2 N–H and O–H groups in total. The topological polar surface area (TPSA) is 166 Å². The van der Waals surface area contributed by atoms with Crippen molar-refractivity contribution in [1.82, 2.24) is 19.7 Å². The van der Waals surface area contributed by atoms with E-state index < -0.39 is 23.3 Å². The van der Waals surface area contributed by atoms with Gasteiger partial charge in [0.05, 0.1) is 30.1 Å². The highest BCUT2D eigenvalue weighted by atomic mass is 35.5. The summed E-state index contributed by atoms with van der Waals surface area (Å²) in [5.74, 6) is -2.13. The Kier molecular flexibility index (Phi) is 11.8. The van der Waals surface area contributed by atoms with Gasteiger partial charge in [-0.15, -0.1) is 11.8 Å². The molecule has 0 saturated carbocycles. The standard InChI is InChI=1S/C15H15ClFN3O3S2.C15H19N3O4/c1-23-13(21)8-24-12-7-11(10(17)6-9(12)16)18-14-19-4-2-3-5-20(19)15(22)25-14;1-8(2)15(3)14(21)17-12(18-15)11-10(13(19)20)5-9(6-16-11)7-22-4/h6-7H,2-5,8H2,1H3;5-6,8H,7H2,1-4H3,(H,19,20)(H,17,18,21). The van der Waals surface area contributed by atoms with Crippen molar-refractivity contribution in [2.24, 2.45) is 15.9 Å². The average Bonchev–Trinajstić information content (AvgIpc) is 3.53. The lowest BCUT2D eigenvalue weighted by Crippen LogP contribution is -2.41. The van der Waals surface area contributed by atoms with Crippen molar-refractivity contribution in [2.75, 3.05) is 20.0 Å². The summed E-state index contributed by atoms with van der Waals surface area (Å²) in [6.07, 6.45) is 3.41. The molecule has 2 aliphatic rings. The molecule has 0 spiro atoms. The molecule has 0 radical (unpaired) electrons. The molecule has 1 atom stereocenters. The first-order valence-electron chi connectivity index (χ1n) is 14.5. The van der Waals surface area contributed by atoms with Gasteiger partial charge in [-0.1, -0.05) is 25.4 Å². The molecule has 252 valence electrons. The fourth-order valence-electron chi connectivity index (χ4n) is 4.58. The fraction of sp³-hybridized carbons (Fsp3) is 0.433. The molecule has 0 bridgehead atoms. The molecule has 2 aliphatic heterocycles. The predicted octanol–water partition coefficient (Wildman–Crippen LogP) is 4.01. The molecular formula is C30H34ClFN6O7S2. The van der Waals surface area contributed by atoms with Crippen molar-refractivity contribution in [1.29, 1.82) is 0 Å². The van der Waals surface area contributed by atoms with E-state index in [2.05, 4.69) is 25.0 Å². The lowest BCUT2D eigenvalue weighted by atomic mass is 9.89. The summed E-state index contributed by atoms with van der Waals surface area (Å²) in [6.45, 7) is 7.08. The van der Waals surface area contributed by atoms with Crippen LogP contribution in [-0.2, 0) is 38.8 Å². The number of carboxylic acids is 1. The SMILES string of the molecule is COC(=O)CSc1cc(N=c2sc(=O)n3n2CCCC3)c(F)cc1Cl.COCc1cnc(C2=NC(C)(C(C)C)C(=O)N2)c(C(=O)O)c1. The molecule has 13 nitrogen and oxygen atoms in total. The van der Waals surface area contributed by atoms with E-state index in [1.54, 1.807) is 16.3 Å². The van der Waals surface area contributed by atoms with E-state index in [9.17, 15) is 28.7 Å². The molecule has 0 fully saturated rings. The van der Waals surface area contributed by atoms with Crippen molar-refractivity contribution >= 4 is 64.1 Å². The number of thioether (sulfide) groups is 1. The zero-order valence-corrected chi connectivity index (χ0v) is 28.7. The van der Waals surface area contributed by atoms with Gasteiger partial charge in [-0.25, -0.2) is 23.9 Å². The van der Waals surface area contributed by atoms with Gasteiger partial charge in [0, 0.05) is 31.3 Å². The van der Waals surface area contributed by atoms with Crippen molar-refractivity contribution in [3.63, 3.8) is 0 Å². The third kappa shape index (κ3) is 8.17. The van der Waals surface area contributed by atoms with Crippen molar-refractivity contribution in [2.45, 2.75) is 63.7 Å². The second kappa shape index (κ2) is 15.4. The molecule has 1 amide bonds. The van der Waals surface area contributed by atoms with E-state index in [-0.39, 0.29) is 56.9 Å². The minimum atomic E-state index is -1.13. The van der Waals surface area contributed by atoms with Crippen LogP contribution in [0.25, 0.3) is 0 Å². The molecule has 17 heteroatoms. The van der Waals surface area contributed by atoms with Gasteiger partial charge in [0.15, 0.2) is 5.84 Å². The van der Waals surface area contributed by atoms with Crippen molar-refractivity contribution in [3.8, 4) is 0 Å². The number of methoxy groups -OCH3 is 2. The highest BCUT2D eigenvalue weighted by Crippen LogP contribution is 2.33. The number of ether oxygens (including phenoxy) is 2. The summed E-state index contributed by atoms with van der Waals surface area (Å²) in [4.78, 5) is 60.7. The van der Waals surface area contributed by atoms with Gasteiger partial charge in [-0.3, -0.25) is 24.0 Å². The quantitative estimate of drug-likeness (QED) is 0.247. The maximum absolute atomic E-state index is 14.3. The number of hydrogen-bond donors (Lipinski definition) is 2. The number of amidine groups is 1. The molecule has 3 aromatic rings. The Hall–Kier alpha value is -3.86. The second-order valence-electron chi connectivity index (χ2n) is 11.0. The van der Waals surface area contributed by atoms with E-state index in [0.29, 0.717) is 28.3 Å². The molecule has 0 saturated heterocycles. The van der Waals surface area contributed by atoms with Crippen molar-refractivity contribution in [3.05, 3.63) is 66.5 Å². The fourth-order valence-corrected chi connectivity index (χ4v) is 6.57. The van der Waals surface area contributed by atoms with Gasteiger partial charge in [0.25, 0.3) is 5.91 Å². The minimum absolute atomic E-state index is 0.0124. The van der Waals surface area contributed by atoms with Crippen LogP contribution in [0.3, 0.4) is 0 Å². The van der Waals surface area contributed by atoms with Crippen LogP contribution in [-0.4, -0.2) is 68.6 Å². The lowest BCUT2D eigenvalue weighted by Gasteiger charge is -2.21. The number of pyridine rings is 1. The number of aromatic nitrogens is 3. The monoisotopic (exact) mass is 708 g/mol. The van der Waals surface area contributed by atoms with Gasteiger partial charge in [0.1, 0.15) is 22.7 Å². The molecule has 5 rings (SSSR count). The Morgan fingerprint density at radius 3 is 2.53 bits per heavy atom. The number of esters is 1. The van der Waals surface area contributed by atoms with E-state index in [1.165, 1.54) is 32.5 Å². The maximum Gasteiger partial charge on any atom is 0.338 e. The summed E-state index contributed by atoms with van der Waals surface area (Å²) in [5.41, 5.74) is -0.0517. The highest BCUT2D eigenvalue weighted by molar-refractivity contribution is 8.00. The number of nitrogens with one attached hydrogen (secondary N) is 1. The smallest absolute Gasteiger partial charge is 0.338 e. The highest BCUT2D eigenvalue weighted by Gasteiger charge is 2.43. The summed E-state index contributed by atoms with van der Waals surface area (Å²) in [7, 11) is 2.81. The predicted molar refractivity (Wildman–Crippen MR) is 175 cm³/mol. The Bertz CT molecular complexity index is 1850. The Balaban J connectivity index is 0.000000215. The zero-order chi connectivity index (χ0) is 34.5. The van der Waals surface area contributed by atoms with Gasteiger partial charge in [-0.2, -0.15) is 0 Å². The number of fused-ring (bicyclic) bond motifs is 1. The van der Waals surface area contributed by atoms with E-state index in [4.69, 9.17) is 16.3 Å². The van der Waals surface area contributed by atoms with Crippen LogP contribution in [0.5, 0.6) is 0 Å². The average molecular weight is 709 g/mol. The van der Waals surface area contributed by atoms with Gasteiger partial charge in [-0.05, 0) is 60.8 Å². The van der Waals surface area contributed by atoms with E-state index >= 15 is 0 Å². The Morgan fingerprint density at radius 2 is 1.91 bits per heavy atom. The zero-order valence-electron chi connectivity index (χ0n) is 26.3. The van der Waals surface area contributed by atoms with Gasteiger partial charge in [0.2, 0.25) is 4.80 Å². The number of carboxylic acid groups (broad SMARTS) is 1. The molecule has 4 heterocycles. The number of aliphatic imine (C=N–C) groups is 1. The number of aromatic carboxylic acids is 1. The number of carbonyl (C=O) groups is 3. The number of carbonyl (C=O) groups excluding carboxylic acids is 2. The van der Waals surface area contributed by atoms with Crippen LogP contribution in [0.4, 0.5) is 10.1 Å². The number of nitrogens with zero attached hydrogens (tertiary/aromatic N) is 5. The molecular weight excluding hydrogens is 675 g/mol. The summed E-state index contributed by atoms with van der Waals surface area (Å²) < 4.78 is 27.2. The van der Waals surface area contributed by atoms with Crippen molar-refractivity contribution < 1.29 is 33.4 Å². The van der Waals surface area contributed by atoms with Crippen LogP contribution in [0.15, 0.2) is 44.1 Å². The summed E-state index contributed by atoms with van der Waals surface area (Å²) in [5, 5.41) is 12.2. The van der Waals surface area contributed by atoms with Gasteiger partial charge >= 0.3 is 16.8 Å². The van der Waals surface area contributed by atoms with E-state index in [0.717, 1.165) is 42.0 Å². The third-order valence-electron chi connectivity index (χ3n) is 7.55. The molecule has 0 aliphatic carbocycles. The van der Waals surface area contributed by atoms with Crippen LogP contribution in [0.2, 0.25) is 5.02 Å². The molecule has 1 unspecified atom stereocenters. The van der Waals surface area contributed by atoms with Crippen LogP contribution >= 0.6 is 34.7 Å². The molecule has 1 aromatic carbocycles. The number of halogens is 2. The first-order valence-corrected chi connectivity index (χ1v) is 16.6. The largest absolute Gasteiger partial charge is 0.478 e. The molecule has 47 heavy (non-hydrogen) atoms. The number of rotatable bonds is 9.